The Morgan fingerprint density at radius 3 is 2.61 bits per heavy atom. The van der Waals surface area contributed by atoms with Gasteiger partial charge >= 0.3 is 5.97 Å². The highest BCUT2D eigenvalue weighted by atomic mass is 16.5. The number of hydrogen-bond donors (Lipinski definition) is 1. The summed E-state index contributed by atoms with van der Waals surface area (Å²) in [5.41, 5.74) is 2.61. The van der Waals surface area contributed by atoms with E-state index in [4.69, 9.17) is 4.74 Å². The van der Waals surface area contributed by atoms with Gasteiger partial charge in [-0.1, -0.05) is 18.2 Å². The number of aromatic nitrogens is 2. The Kier molecular flexibility index (Phi) is 5.97. The number of ether oxygens (including phenoxy) is 1. The maximum absolute atomic E-state index is 12.4. The number of nitrogens with zero attached hydrogens (tertiary/aromatic N) is 3. The third kappa shape index (κ3) is 4.91. The number of carbonyl (C=O) groups excluding carboxylic acids is 3. The van der Waals surface area contributed by atoms with Crippen LogP contribution >= 0.6 is 0 Å². The fraction of sp³-hybridized carbons (Fsp3) is 0.304. The summed E-state index contributed by atoms with van der Waals surface area (Å²) in [5.74, 6) is -1.08. The highest BCUT2D eigenvalue weighted by Crippen LogP contribution is 2.20. The largest absolute Gasteiger partial charge is 0.451 e. The van der Waals surface area contributed by atoms with E-state index < -0.39 is 5.97 Å². The first-order chi connectivity index (χ1) is 15.0. The van der Waals surface area contributed by atoms with E-state index in [1.165, 1.54) is 0 Å². The van der Waals surface area contributed by atoms with Crippen molar-refractivity contribution in [2.45, 2.75) is 19.8 Å². The zero-order valence-electron chi connectivity index (χ0n) is 17.3. The number of likely N-dealkylation sites (tertiary alicyclic amines) is 1. The molecule has 8 nitrogen and oxygen atoms in total. The van der Waals surface area contributed by atoms with E-state index in [2.05, 4.69) is 10.3 Å². The van der Waals surface area contributed by atoms with E-state index in [9.17, 15) is 14.4 Å². The lowest BCUT2D eigenvalue weighted by molar-refractivity contribution is -0.137. The van der Waals surface area contributed by atoms with Crippen LogP contribution in [0.3, 0.4) is 0 Å². The van der Waals surface area contributed by atoms with Gasteiger partial charge in [0.15, 0.2) is 12.3 Å². The summed E-state index contributed by atoms with van der Waals surface area (Å²) < 4.78 is 6.90. The lowest BCUT2D eigenvalue weighted by Gasteiger charge is -2.31. The van der Waals surface area contributed by atoms with Gasteiger partial charge in [-0.15, -0.1) is 0 Å². The molecule has 160 valence electrons. The van der Waals surface area contributed by atoms with Crippen LogP contribution in [0.4, 0.5) is 5.69 Å². The van der Waals surface area contributed by atoms with Crippen molar-refractivity contribution in [3.05, 3.63) is 66.1 Å². The molecule has 31 heavy (non-hydrogen) atoms. The molecule has 0 aliphatic carbocycles. The molecule has 3 aromatic rings. The number of hydrogen-bond acceptors (Lipinski definition) is 5. The molecule has 2 aromatic heterocycles. The number of para-hydroxylation sites is 1. The van der Waals surface area contributed by atoms with Crippen LogP contribution in [-0.4, -0.2) is 51.8 Å². The van der Waals surface area contributed by atoms with Gasteiger partial charge in [-0.25, -0.2) is 9.78 Å². The summed E-state index contributed by atoms with van der Waals surface area (Å²) in [6.07, 6.45) is 4.55. The van der Waals surface area contributed by atoms with Crippen LogP contribution in [-0.2, 0) is 14.3 Å². The fourth-order valence-corrected chi connectivity index (χ4v) is 3.63. The SMILES string of the molecule is Cc1ccn2cc(C(=O)OCC(=O)N3CCC(C(=O)Nc4ccccc4)CC3)nc2c1. The number of carbonyl (C=O) groups is 3. The molecule has 1 aromatic carbocycles. The molecule has 0 spiro atoms. The molecule has 4 rings (SSSR count). The van der Waals surface area contributed by atoms with Crippen LogP contribution in [0.15, 0.2) is 54.9 Å². The van der Waals surface area contributed by atoms with Crippen LogP contribution in [0.2, 0.25) is 0 Å². The second-order valence-electron chi connectivity index (χ2n) is 7.68. The van der Waals surface area contributed by atoms with E-state index in [0.29, 0.717) is 31.6 Å². The van der Waals surface area contributed by atoms with Gasteiger partial charge < -0.3 is 19.4 Å². The highest BCUT2D eigenvalue weighted by molar-refractivity contribution is 5.93. The highest BCUT2D eigenvalue weighted by Gasteiger charge is 2.28. The average molecular weight is 420 g/mol. The van der Waals surface area contributed by atoms with Crippen LogP contribution in [0, 0.1) is 12.8 Å². The van der Waals surface area contributed by atoms with E-state index in [-0.39, 0.29) is 30.0 Å². The van der Waals surface area contributed by atoms with Crippen LogP contribution in [0.1, 0.15) is 28.9 Å². The summed E-state index contributed by atoms with van der Waals surface area (Å²) >= 11 is 0. The van der Waals surface area contributed by atoms with Crippen molar-refractivity contribution < 1.29 is 19.1 Å². The standard InChI is InChI=1S/C23H24N4O4/c1-16-7-10-27-14-19(25-20(27)13-16)23(30)31-15-21(28)26-11-8-17(9-12-26)22(29)24-18-5-3-2-4-6-18/h2-7,10,13-14,17H,8-9,11-12,15H2,1H3,(H,24,29). The van der Waals surface area contributed by atoms with Crippen LogP contribution in [0.25, 0.3) is 5.65 Å². The van der Waals surface area contributed by atoms with Crippen molar-refractivity contribution in [2.75, 3.05) is 25.0 Å². The predicted octanol–water partition coefficient (Wildman–Crippen LogP) is 2.68. The molecule has 8 heteroatoms. The topological polar surface area (TPSA) is 93.0 Å². The van der Waals surface area contributed by atoms with E-state index in [0.717, 1.165) is 11.3 Å². The van der Waals surface area contributed by atoms with Crippen molar-refractivity contribution >= 4 is 29.1 Å². The molecule has 1 saturated heterocycles. The van der Waals surface area contributed by atoms with Crippen molar-refractivity contribution in [3.63, 3.8) is 0 Å². The number of pyridine rings is 1. The van der Waals surface area contributed by atoms with Gasteiger partial charge in [0.1, 0.15) is 5.65 Å². The number of piperidine rings is 1. The minimum absolute atomic E-state index is 0.0354. The number of anilines is 1. The number of nitrogens with one attached hydrogen (secondary N) is 1. The quantitative estimate of drug-likeness (QED) is 0.641. The second kappa shape index (κ2) is 8.99. The van der Waals surface area contributed by atoms with Gasteiger partial charge in [-0.3, -0.25) is 9.59 Å². The van der Waals surface area contributed by atoms with Crippen molar-refractivity contribution in [1.29, 1.82) is 0 Å². The maximum atomic E-state index is 12.4. The molecule has 3 heterocycles. The zero-order valence-corrected chi connectivity index (χ0v) is 17.3. The molecule has 0 bridgehead atoms. The Morgan fingerprint density at radius 2 is 1.87 bits per heavy atom. The monoisotopic (exact) mass is 420 g/mol. The molecule has 0 unspecified atom stereocenters. The summed E-state index contributed by atoms with van der Waals surface area (Å²) in [6, 6.07) is 13.1. The second-order valence-corrected chi connectivity index (χ2v) is 7.68. The average Bonchev–Trinajstić information content (AvgIpc) is 3.21. The molecule has 1 N–H and O–H groups in total. The first-order valence-corrected chi connectivity index (χ1v) is 10.3. The molecule has 1 aliphatic heterocycles. The first kappa shape index (κ1) is 20.6. The van der Waals surface area contributed by atoms with Gasteiger partial charge in [-0.05, 0) is 49.6 Å². The molecular weight excluding hydrogens is 396 g/mol. The lowest BCUT2D eigenvalue weighted by Crippen LogP contribution is -2.43. The number of rotatable bonds is 5. The Hall–Kier alpha value is -3.68. The molecule has 1 aliphatic rings. The normalized spacial score (nSPS) is 14.4. The number of benzene rings is 1. The predicted molar refractivity (Wildman–Crippen MR) is 115 cm³/mol. The van der Waals surface area contributed by atoms with Crippen molar-refractivity contribution in [2.24, 2.45) is 5.92 Å². The minimum Gasteiger partial charge on any atom is -0.451 e. The number of esters is 1. The number of fused-ring (bicyclic) bond motifs is 1. The Bertz CT molecular complexity index is 1100. The summed E-state index contributed by atoms with van der Waals surface area (Å²) in [4.78, 5) is 43.0. The van der Waals surface area contributed by atoms with Gasteiger partial charge in [0.2, 0.25) is 5.91 Å². The summed E-state index contributed by atoms with van der Waals surface area (Å²) in [6.45, 7) is 2.51. The van der Waals surface area contributed by atoms with E-state index in [1.807, 2.05) is 55.6 Å². The molecule has 2 amide bonds. The van der Waals surface area contributed by atoms with Crippen molar-refractivity contribution in [1.82, 2.24) is 14.3 Å². The number of amides is 2. The zero-order chi connectivity index (χ0) is 21.8. The minimum atomic E-state index is -0.633. The third-order valence-electron chi connectivity index (χ3n) is 5.41. The maximum Gasteiger partial charge on any atom is 0.359 e. The smallest absolute Gasteiger partial charge is 0.359 e. The van der Waals surface area contributed by atoms with Gasteiger partial charge in [0.05, 0.1) is 0 Å². The molecule has 1 fully saturated rings. The molecule has 0 atom stereocenters. The van der Waals surface area contributed by atoms with Gasteiger partial charge in [0, 0.05) is 37.1 Å². The molecule has 0 saturated carbocycles. The van der Waals surface area contributed by atoms with Crippen molar-refractivity contribution in [3.8, 4) is 0 Å². The summed E-state index contributed by atoms with van der Waals surface area (Å²) in [5, 5.41) is 2.91. The fourth-order valence-electron chi connectivity index (χ4n) is 3.63. The number of aryl methyl sites for hydroxylation is 1. The first-order valence-electron chi connectivity index (χ1n) is 10.3. The third-order valence-corrected chi connectivity index (χ3v) is 5.41. The summed E-state index contributed by atoms with van der Waals surface area (Å²) in [7, 11) is 0. The number of imidazole rings is 1. The lowest BCUT2D eigenvalue weighted by atomic mass is 9.95. The van der Waals surface area contributed by atoms with Crippen LogP contribution in [0.5, 0.6) is 0 Å². The Labute approximate surface area is 179 Å². The van der Waals surface area contributed by atoms with Crippen LogP contribution < -0.4 is 5.32 Å². The van der Waals surface area contributed by atoms with E-state index >= 15 is 0 Å². The van der Waals surface area contributed by atoms with E-state index in [1.54, 1.807) is 15.5 Å². The Balaban J connectivity index is 1.25. The Morgan fingerprint density at radius 1 is 1.13 bits per heavy atom. The van der Waals surface area contributed by atoms with Gasteiger partial charge in [0.25, 0.3) is 5.91 Å². The van der Waals surface area contributed by atoms with Gasteiger partial charge in [-0.2, -0.15) is 0 Å². The molecule has 0 radical (unpaired) electrons. The molecular formula is C23H24N4O4.